The zero-order chi connectivity index (χ0) is 16.3. The highest BCUT2D eigenvalue weighted by Gasteiger charge is 2.11. The molecule has 0 atom stereocenters. The SMILES string of the molecule is C=CCNC(=NCc1ccnc(N2CCCCCC2)c1)NCC.I. The molecule has 2 N–H and O–H groups in total. The number of nitrogens with zero attached hydrogens (tertiary/aromatic N) is 3. The Morgan fingerprint density at radius 2 is 2.04 bits per heavy atom. The van der Waals surface area contributed by atoms with Crippen LogP contribution in [0.25, 0.3) is 0 Å². The van der Waals surface area contributed by atoms with Gasteiger partial charge in [0.25, 0.3) is 0 Å². The van der Waals surface area contributed by atoms with Crippen LogP contribution in [0.4, 0.5) is 5.82 Å². The normalized spacial score (nSPS) is 15.2. The summed E-state index contributed by atoms with van der Waals surface area (Å²) in [4.78, 5) is 11.6. The largest absolute Gasteiger partial charge is 0.357 e. The Kier molecular flexibility index (Phi) is 10.5. The Bertz CT molecular complexity index is 510. The number of aromatic nitrogens is 1. The average Bonchev–Trinajstić information content (AvgIpc) is 2.87. The molecule has 24 heavy (non-hydrogen) atoms. The first-order valence-electron chi connectivity index (χ1n) is 8.66. The van der Waals surface area contributed by atoms with Crippen molar-refractivity contribution in [1.82, 2.24) is 15.6 Å². The molecule has 0 aromatic carbocycles. The van der Waals surface area contributed by atoms with E-state index in [-0.39, 0.29) is 24.0 Å². The van der Waals surface area contributed by atoms with E-state index >= 15 is 0 Å². The molecule has 0 unspecified atom stereocenters. The highest BCUT2D eigenvalue weighted by Crippen LogP contribution is 2.18. The Morgan fingerprint density at radius 3 is 2.71 bits per heavy atom. The van der Waals surface area contributed by atoms with Crippen molar-refractivity contribution in [2.75, 3.05) is 31.1 Å². The summed E-state index contributed by atoms with van der Waals surface area (Å²) < 4.78 is 0. The van der Waals surface area contributed by atoms with Gasteiger partial charge < -0.3 is 15.5 Å². The zero-order valence-electron chi connectivity index (χ0n) is 14.6. The van der Waals surface area contributed by atoms with E-state index in [9.17, 15) is 0 Å². The van der Waals surface area contributed by atoms with E-state index in [1.807, 2.05) is 18.3 Å². The molecule has 0 aliphatic carbocycles. The number of pyridine rings is 1. The van der Waals surface area contributed by atoms with E-state index < -0.39 is 0 Å². The third-order valence-electron chi connectivity index (χ3n) is 3.92. The van der Waals surface area contributed by atoms with Crippen LogP contribution in [0.15, 0.2) is 36.0 Å². The lowest BCUT2D eigenvalue weighted by molar-refractivity contribution is 0.726. The van der Waals surface area contributed by atoms with Crippen LogP contribution in [0.5, 0.6) is 0 Å². The van der Waals surface area contributed by atoms with Gasteiger partial charge in [0.05, 0.1) is 6.54 Å². The van der Waals surface area contributed by atoms with Gasteiger partial charge in [-0.3, -0.25) is 0 Å². The molecule has 1 fully saturated rings. The summed E-state index contributed by atoms with van der Waals surface area (Å²) in [5.41, 5.74) is 1.19. The lowest BCUT2D eigenvalue weighted by atomic mass is 10.2. The molecule has 6 heteroatoms. The molecule has 0 radical (unpaired) electrons. The van der Waals surface area contributed by atoms with Crippen molar-refractivity contribution in [3.8, 4) is 0 Å². The number of hydrogen-bond donors (Lipinski definition) is 2. The third-order valence-corrected chi connectivity index (χ3v) is 3.92. The fraction of sp³-hybridized carbons (Fsp3) is 0.556. The van der Waals surface area contributed by atoms with Gasteiger partial charge >= 0.3 is 0 Å². The maximum absolute atomic E-state index is 4.63. The second kappa shape index (κ2) is 12.1. The van der Waals surface area contributed by atoms with E-state index in [0.717, 1.165) is 31.4 Å². The topological polar surface area (TPSA) is 52.6 Å². The van der Waals surface area contributed by atoms with E-state index in [2.05, 4.69) is 45.1 Å². The van der Waals surface area contributed by atoms with E-state index in [1.54, 1.807) is 0 Å². The summed E-state index contributed by atoms with van der Waals surface area (Å²) in [5.74, 6) is 1.91. The lowest BCUT2D eigenvalue weighted by Gasteiger charge is -2.21. The summed E-state index contributed by atoms with van der Waals surface area (Å²) in [6.07, 6.45) is 8.93. The predicted octanol–water partition coefficient (Wildman–Crippen LogP) is 3.32. The zero-order valence-corrected chi connectivity index (χ0v) is 17.0. The molecule has 0 spiro atoms. The van der Waals surface area contributed by atoms with Gasteiger partial charge in [0, 0.05) is 32.4 Å². The molecule has 1 aliphatic rings. The maximum Gasteiger partial charge on any atom is 0.191 e. The summed E-state index contributed by atoms with van der Waals surface area (Å²) in [7, 11) is 0. The van der Waals surface area contributed by atoms with Crippen molar-refractivity contribution in [3.05, 3.63) is 36.5 Å². The van der Waals surface area contributed by atoms with Crippen LogP contribution in [0.1, 0.15) is 38.2 Å². The molecular weight excluding hydrogens is 413 g/mol. The van der Waals surface area contributed by atoms with Crippen LogP contribution in [0.3, 0.4) is 0 Å². The predicted molar refractivity (Wildman–Crippen MR) is 113 cm³/mol. The number of guanidine groups is 1. The number of aliphatic imine (C=N–C) groups is 1. The minimum absolute atomic E-state index is 0. The maximum atomic E-state index is 4.63. The molecule has 5 nitrogen and oxygen atoms in total. The van der Waals surface area contributed by atoms with Gasteiger partial charge in [0.15, 0.2) is 5.96 Å². The summed E-state index contributed by atoms with van der Waals surface area (Å²) in [6, 6.07) is 4.22. The molecule has 2 heterocycles. The van der Waals surface area contributed by atoms with Crippen molar-refractivity contribution >= 4 is 35.8 Å². The van der Waals surface area contributed by atoms with E-state index in [0.29, 0.717) is 13.1 Å². The average molecular weight is 443 g/mol. The van der Waals surface area contributed by atoms with Crippen LogP contribution < -0.4 is 15.5 Å². The molecule has 0 saturated carbocycles. The van der Waals surface area contributed by atoms with Gasteiger partial charge in [-0.2, -0.15) is 0 Å². The number of hydrogen-bond acceptors (Lipinski definition) is 3. The Labute approximate surface area is 163 Å². The quantitative estimate of drug-likeness (QED) is 0.307. The minimum atomic E-state index is 0. The van der Waals surface area contributed by atoms with E-state index in [4.69, 9.17) is 0 Å². The monoisotopic (exact) mass is 443 g/mol. The third kappa shape index (κ3) is 7.07. The Hall–Kier alpha value is -1.31. The van der Waals surface area contributed by atoms with Gasteiger partial charge in [-0.1, -0.05) is 18.9 Å². The smallest absolute Gasteiger partial charge is 0.191 e. The van der Waals surface area contributed by atoms with Gasteiger partial charge in [-0.25, -0.2) is 9.98 Å². The standard InChI is InChI=1S/C18H29N5.HI/c1-3-10-21-18(19-4-2)22-15-16-9-11-20-17(14-16)23-12-7-5-6-8-13-23;/h3,9,11,14H,1,4-8,10,12-13,15H2,2H3,(H2,19,21,22);1H. The van der Waals surface area contributed by atoms with E-state index in [1.165, 1.54) is 31.2 Å². The van der Waals surface area contributed by atoms with Crippen molar-refractivity contribution in [1.29, 1.82) is 0 Å². The van der Waals surface area contributed by atoms with Gasteiger partial charge in [-0.15, -0.1) is 30.6 Å². The Balaban J connectivity index is 0.00000288. The highest BCUT2D eigenvalue weighted by molar-refractivity contribution is 14.0. The number of rotatable bonds is 6. The second-order valence-corrected chi connectivity index (χ2v) is 5.79. The van der Waals surface area contributed by atoms with Crippen molar-refractivity contribution in [2.45, 2.75) is 39.2 Å². The van der Waals surface area contributed by atoms with Gasteiger partial charge in [0.1, 0.15) is 5.82 Å². The van der Waals surface area contributed by atoms with Crippen molar-refractivity contribution < 1.29 is 0 Å². The van der Waals surface area contributed by atoms with Gasteiger partial charge in [-0.05, 0) is 37.5 Å². The second-order valence-electron chi connectivity index (χ2n) is 5.79. The molecule has 0 bridgehead atoms. The first-order valence-corrected chi connectivity index (χ1v) is 8.66. The fourth-order valence-electron chi connectivity index (χ4n) is 2.71. The van der Waals surface area contributed by atoms with Crippen LogP contribution in [-0.4, -0.2) is 37.1 Å². The van der Waals surface area contributed by atoms with Crippen LogP contribution >= 0.6 is 24.0 Å². The molecular formula is C18H30IN5. The summed E-state index contributed by atoms with van der Waals surface area (Å²) in [6.45, 7) is 10.2. The number of anilines is 1. The Morgan fingerprint density at radius 1 is 1.29 bits per heavy atom. The molecule has 0 amide bonds. The minimum Gasteiger partial charge on any atom is -0.357 e. The first kappa shape index (κ1) is 20.7. The summed E-state index contributed by atoms with van der Waals surface area (Å²) in [5, 5.41) is 6.46. The highest BCUT2D eigenvalue weighted by atomic mass is 127. The summed E-state index contributed by atoms with van der Waals surface area (Å²) >= 11 is 0. The molecule has 1 saturated heterocycles. The number of nitrogens with one attached hydrogen (secondary N) is 2. The lowest BCUT2D eigenvalue weighted by Crippen LogP contribution is -2.37. The molecule has 2 rings (SSSR count). The molecule has 1 aromatic rings. The van der Waals surface area contributed by atoms with Crippen LogP contribution in [-0.2, 0) is 6.54 Å². The molecule has 134 valence electrons. The van der Waals surface area contributed by atoms with Crippen LogP contribution in [0, 0.1) is 0 Å². The number of halogens is 1. The molecule has 1 aliphatic heterocycles. The van der Waals surface area contributed by atoms with Crippen LogP contribution in [0.2, 0.25) is 0 Å². The molecule has 1 aromatic heterocycles. The first-order chi connectivity index (χ1) is 11.3. The van der Waals surface area contributed by atoms with Crippen molar-refractivity contribution in [2.24, 2.45) is 4.99 Å². The van der Waals surface area contributed by atoms with Gasteiger partial charge in [0.2, 0.25) is 0 Å². The van der Waals surface area contributed by atoms with Crippen molar-refractivity contribution in [3.63, 3.8) is 0 Å². The fourth-order valence-corrected chi connectivity index (χ4v) is 2.71.